The van der Waals surface area contributed by atoms with Crippen LogP contribution in [0.5, 0.6) is 0 Å². The zero-order chi connectivity index (χ0) is 13.1. The molecule has 0 saturated carbocycles. The van der Waals surface area contributed by atoms with Gasteiger partial charge < -0.3 is 4.74 Å². The maximum absolute atomic E-state index is 12.4. The van der Waals surface area contributed by atoms with Crippen molar-refractivity contribution in [3.8, 4) is 0 Å². The zero-order valence-electron chi connectivity index (χ0n) is 10.4. The summed E-state index contributed by atoms with van der Waals surface area (Å²) in [6, 6.07) is 7.28. The molecule has 2 aromatic rings. The van der Waals surface area contributed by atoms with Crippen molar-refractivity contribution in [1.29, 1.82) is 0 Å². The first-order valence-electron chi connectivity index (χ1n) is 5.77. The van der Waals surface area contributed by atoms with E-state index in [1.165, 1.54) is 0 Å². The van der Waals surface area contributed by atoms with Crippen molar-refractivity contribution in [3.05, 3.63) is 40.4 Å². The summed E-state index contributed by atoms with van der Waals surface area (Å²) in [4.78, 5) is 16.8. The van der Waals surface area contributed by atoms with Gasteiger partial charge >= 0.3 is 0 Å². The van der Waals surface area contributed by atoms with Gasteiger partial charge in [0.25, 0.3) is 5.56 Å². The Morgan fingerprint density at radius 2 is 2.17 bits per heavy atom. The third-order valence-electron chi connectivity index (χ3n) is 2.77. The molecule has 0 bridgehead atoms. The van der Waals surface area contributed by atoms with Gasteiger partial charge in [0.15, 0.2) is 0 Å². The van der Waals surface area contributed by atoms with Gasteiger partial charge in [-0.15, -0.1) is 11.6 Å². The highest BCUT2D eigenvalue weighted by atomic mass is 35.5. The van der Waals surface area contributed by atoms with Gasteiger partial charge in [0.1, 0.15) is 5.82 Å². The average Bonchev–Trinajstić information content (AvgIpc) is 2.37. The second-order valence-electron chi connectivity index (χ2n) is 4.05. The molecule has 2 rings (SSSR count). The van der Waals surface area contributed by atoms with Crippen LogP contribution in [0, 0.1) is 0 Å². The Labute approximate surface area is 110 Å². The molecule has 0 radical (unpaired) electrons. The molecular weight excluding hydrogens is 252 g/mol. The number of fused-ring (bicyclic) bond motifs is 1. The minimum atomic E-state index is -0.320. The minimum Gasteiger partial charge on any atom is -0.383 e. The number of ether oxygens (including phenoxy) is 1. The zero-order valence-corrected chi connectivity index (χ0v) is 11.1. The van der Waals surface area contributed by atoms with Crippen molar-refractivity contribution < 1.29 is 4.74 Å². The number of rotatable bonds is 4. The van der Waals surface area contributed by atoms with E-state index >= 15 is 0 Å². The normalized spacial score (nSPS) is 12.8. The van der Waals surface area contributed by atoms with Crippen LogP contribution in [-0.2, 0) is 11.3 Å². The van der Waals surface area contributed by atoms with Crippen molar-refractivity contribution in [1.82, 2.24) is 9.55 Å². The molecule has 1 aromatic heterocycles. The molecule has 0 aliphatic carbocycles. The van der Waals surface area contributed by atoms with E-state index in [1.807, 2.05) is 18.2 Å². The standard InChI is InChI=1S/C13H15ClN2O2/c1-9(14)12-15-11-6-4-3-5-10(11)13(17)16(12)7-8-18-2/h3-6,9H,7-8H2,1-2H3. The number of methoxy groups -OCH3 is 1. The van der Waals surface area contributed by atoms with Crippen LogP contribution in [0.4, 0.5) is 0 Å². The first-order valence-corrected chi connectivity index (χ1v) is 6.21. The molecule has 96 valence electrons. The highest BCUT2D eigenvalue weighted by Crippen LogP contribution is 2.18. The van der Waals surface area contributed by atoms with Gasteiger partial charge in [-0.25, -0.2) is 4.98 Å². The van der Waals surface area contributed by atoms with Crippen LogP contribution in [0.2, 0.25) is 0 Å². The van der Waals surface area contributed by atoms with Crippen LogP contribution in [0.25, 0.3) is 10.9 Å². The molecule has 0 aliphatic heterocycles. The van der Waals surface area contributed by atoms with E-state index in [2.05, 4.69) is 4.98 Å². The van der Waals surface area contributed by atoms with Gasteiger partial charge in [-0.1, -0.05) is 12.1 Å². The van der Waals surface area contributed by atoms with Crippen LogP contribution < -0.4 is 5.56 Å². The van der Waals surface area contributed by atoms with Gasteiger partial charge in [-0.05, 0) is 19.1 Å². The van der Waals surface area contributed by atoms with Gasteiger partial charge in [0.2, 0.25) is 0 Å². The van der Waals surface area contributed by atoms with Gasteiger partial charge in [0, 0.05) is 7.11 Å². The van der Waals surface area contributed by atoms with Crippen LogP contribution >= 0.6 is 11.6 Å². The third kappa shape index (κ3) is 2.40. The smallest absolute Gasteiger partial charge is 0.261 e. The predicted octanol–water partition coefficient (Wildman–Crippen LogP) is 2.34. The van der Waals surface area contributed by atoms with Crippen LogP contribution in [-0.4, -0.2) is 23.3 Å². The number of para-hydroxylation sites is 1. The lowest BCUT2D eigenvalue weighted by Crippen LogP contribution is -2.27. The van der Waals surface area contributed by atoms with E-state index in [0.29, 0.717) is 29.9 Å². The van der Waals surface area contributed by atoms with Crippen molar-refractivity contribution in [2.45, 2.75) is 18.8 Å². The summed E-state index contributed by atoms with van der Waals surface area (Å²) in [5.74, 6) is 0.581. The number of halogens is 1. The van der Waals surface area contributed by atoms with Gasteiger partial charge in [-0.2, -0.15) is 0 Å². The Kier molecular flexibility index (Phi) is 3.99. The molecule has 4 nitrogen and oxygen atoms in total. The van der Waals surface area contributed by atoms with Crippen molar-refractivity contribution in [2.24, 2.45) is 0 Å². The Balaban J connectivity index is 2.67. The largest absolute Gasteiger partial charge is 0.383 e. The maximum Gasteiger partial charge on any atom is 0.261 e. The summed E-state index contributed by atoms with van der Waals surface area (Å²) in [7, 11) is 1.60. The third-order valence-corrected chi connectivity index (χ3v) is 2.96. The van der Waals surface area contributed by atoms with E-state index in [4.69, 9.17) is 16.3 Å². The predicted molar refractivity (Wildman–Crippen MR) is 72.1 cm³/mol. The summed E-state index contributed by atoms with van der Waals surface area (Å²) in [5, 5.41) is 0.286. The Hall–Kier alpha value is -1.39. The summed E-state index contributed by atoms with van der Waals surface area (Å²) >= 11 is 6.10. The van der Waals surface area contributed by atoms with Crippen LogP contribution in [0.3, 0.4) is 0 Å². The number of alkyl halides is 1. The number of aromatic nitrogens is 2. The lowest BCUT2D eigenvalue weighted by atomic mass is 10.2. The Morgan fingerprint density at radius 1 is 1.44 bits per heavy atom. The molecule has 1 aromatic carbocycles. The summed E-state index contributed by atoms with van der Waals surface area (Å²) in [6.07, 6.45) is 0. The quantitative estimate of drug-likeness (QED) is 0.798. The molecular formula is C13H15ClN2O2. The van der Waals surface area contributed by atoms with Crippen LogP contribution in [0.15, 0.2) is 29.1 Å². The van der Waals surface area contributed by atoms with Crippen molar-refractivity contribution in [3.63, 3.8) is 0 Å². The Bertz CT molecular complexity index is 607. The van der Waals surface area contributed by atoms with E-state index < -0.39 is 0 Å². The topological polar surface area (TPSA) is 44.1 Å². The molecule has 1 atom stereocenters. The first-order chi connectivity index (χ1) is 8.65. The highest BCUT2D eigenvalue weighted by Gasteiger charge is 2.14. The lowest BCUT2D eigenvalue weighted by molar-refractivity contribution is 0.185. The molecule has 18 heavy (non-hydrogen) atoms. The molecule has 5 heteroatoms. The fraction of sp³-hybridized carbons (Fsp3) is 0.385. The molecule has 1 heterocycles. The van der Waals surface area contributed by atoms with Crippen molar-refractivity contribution >= 4 is 22.5 Å². The summed E-state index contributed by atoms with van der Waals surface area (Å²) in [5.41, 5.74) is 0.610. The fourth-order valence-corrected chi connectivity index (χ4v) is 2.05. The van der Waals surface area contributed by atoms with E-state index in [0.717, 1.165) is 0 Å². The molecule has 0 amide bonds. The van der Waals surface area contributed by atoms with Crippen LogP contribution in [0.1, 0.15) is 18.1 Å². The molecule has 1 unspecified atom stereocenters. The minimum absolute atomic E-state index is 0.0693. The van der Waals surface area contributed by atoms with Gasteiger partial charge in [0.05, 0.1) is 29.4 Å². The number of hydrogen-bond acceptors (Lipinski definition) is 3. The summed E-state index contributed by atoms with van der Waals surface area (Å²) < 4.78 is 6.60. The monoisotopic (exact) mass is 266 g/mol. The molecule has 0 aliphatic rings. The van der Waals surface area contributed by atoms with E-state index in [-0.39, 0.29) is 10.9 Å². The second-order valence-corrected chi connectivity index (χ2v) is 4.71. The highest BCUT2D eigenvalue weighted by molar-refractivity contribution is 6.20. The number of nitrogens with zero attached hydrogens (tertiary/aromatic N) is 2. The fourth-order valence-electron chi connectivity index (χ4n) is 1.89. The second kappa shape index (κ2) is 5.50. The molecule has 0 saturated heterocycles. The maximum atomic E-state index is 12.4. The SMILES string of the molecule is COCCn1c(C(C)Cl)nc2ccccc2c1=O. The summed E-state index contributed by atoms with van der Waals surface area (Å²) in [6.45, 7) is 2.72. The Morgan fingerprint density at radius 3 is 2.83 bits per heavy atom. The average molecular weight is 267 g/mol. The first kappa shape index (κ1) is 13.1. The van der Waals surface area contributed by atoms with Crippen molar-refractivity contribution in [2.75, 3.05) is 13.7 Å². The number of hydrogen-bond donors (Lipinski definition) is 0. The molecule has 0 fully saturated rings. The van der Waals surface area contributed by atoms with E-state index in [1.54, 1.807) is 24.7 Å². The number of benzene rings is 1. The lowest BCUT2D eigenvalue weighted by Gasteiger charge is -2.14. The molecule has 0 spiro atoms. The molecule has 0 N–H and O–H groups in total. The van der Waals surface area contributed by atoms with Gasteiger partial charge in [-0.3, -0.25) is 9.36 Å². The van der Waals surface area contributed by atoms with E-state index in [9.17, 15) is 4.79 Å².